The molecule has 2 N–H and O–H groups in total. The second-order valence-corrected chi connectivity index (χ2v) is 11.9. The minimum Gasteiger partial charge on any atom is -0.445 e. The molecule has 10 nitrogen and oxygen atoms in total. The molecule has 0 radical (unpaired) electrons. The van der Waals surface area contributed by atoms with Crippen molar-refractivity contribution in [1.29, 1.82) is 0 Å². The Labute approximate surface area is 251 Å². The number of nitrogens with zero attached hydrogens (tertiary/aromatic N) is 5. The van der Waals surface area contributed by atoms with E-state index in [1.165, 1.54) is 4.57 Å². The quantitative estimate of drug-likeness (QED) is 0.285. The first-order valence-electron chi connectivity index (χ1n) is 14.3. The lowest BCUT2D eigenvalue weighted by atomic mass is 9.86. The number of aromatic amines is 1. The molecule has 3 fully saturated rings. The maximum Gasteiger partial charge on any atom is 0.407 e. The molecule has 2 aromatic carbocycles. The summed E-state index contributed by atoms with van der Waals surface area (Å²) in [5.74, 6) is 0.388. The van der Waals surface area contributed by atoms with Gasteiger partial charge in [-0.15, -0.1) is 0 Å². The largest absolute Gasteiger partial charge is 0.445 e. The van der Waals surface area contributed by atoms with Crippen molar-refractivity contribution in [2.45, 2.75) is 50.0 Å². The maximum atomic E-state index is 16.6. The molecule has 1 saturated carbocycles. The number of amides is 1. The third-order valence-electron chi connectivity index (χ3n) is 8.82. The molecule has 222 valence electrons. The number of nitrogens with one attached hydrogen (secondary N) is 2. The Hall–Kier alpha value is -4.38. The number of benzene rings is 2. The molecule has 8 rings (SSSR count). The van der Waals surface area contributed by atoms with Gasteiger partial charge in [0.2, 0.25) is 5.95 Å². The van der Waals surface area contributed by atoms with Gasteiger partial charge in [-0.25, -0.2) is 9.18 Å². The molecule has 2 aliphatic heterocycles. The zero-order valence-corrected chi connectivity index (χ0v) is 24.6. The number of anilines is 1. The van der Waals surface area contributed by atoms with E-state index >= 15 is 4.39 Å². The van der Waals surface area contributed by atoms with Crippen molar-refractivity contribution in [2.75, 3.05) is 11.4 Å². The molecule has 3 aromatic heterocycles. The van der Waals surface area contributed by atoms with E-state index in [1.54, 1.807) is 17.9 Å². The van der Waals surface area contributed by atoms with Gasteiger partial charge in [-0.05, 0) is 37.3 Å². The van der Waals surface area contributed by atoms with Crippen LogP contribution >= 0.6 is 11.6 Å². The normalized spacial score (nSPS) is 21.8. The lowest BCUT2D eigenvalue weighted by molar-refractivity contribution is 0.0703. The Morgan fingerprint density at radius 1 is 1.21 bits per heavy atom. The topological polar surface area (TPSA) is 110 Å². The molecule has 2 saturated heterocycles. The van der Waals surface area contributed by atoms with Gasteiger partial charge in [-0.2, -0.15) is 10.1 Å². The number of H-pyrrole nitrogens is 1. The van der Waals surface area contributed by atoms with E-state index in [9.17, 15) is 9.59 Å². The Kier molecular flexibility index (Phi) is 6.65. The van der Waals surface area contributed by atoms with Gasteiger partial charge in [0.1, 0.15) is 17.9 Å². The molecular weight excluding hydrogens is 573 g/mol. The molecule has 3 atom stereocenters. The average Bonchev–Trinajstić information content (AvgIpc) is 3.50. The number of fused-ring (bicyclic) bond motifs is 6. The minimum atomic E-state index is -1.71. The summed E-state index contributed by atoms with van der Waals surface area (Å²) in [5.41, 5.74) is 1.40. The molecular formula is C31H31ClFN7O3. The smallest absolute Gasteiger partial charge is 0.407 e. The monoisotopic (exact) mass is 603 g/mol. The molecule has 2 bridgehead atoms. The van der Waals surface area contributed by atoms with Gasteiger partial charge >= 0.3 is 6.09 Å². The van der Waals surface area contributed by atoms with Crippen molar-refractivity contribution in [3.8, 4) is 11.1 Å². The second kappa shape index (κ2) is 10.4. The fourth-order valence-electron chi connectivity index (χ4n) is 6.63. The number of hydrogen-bond acceptors (Lipinski definition) is 6. The SMILES string of the molecule is Cn1cc2c(Cl)c(-c3c[nH]c4nc(N5CC6(F)CCC[C@@H]5C[C@H]6NC(=O)OCc5ccccc5)n(C)c(=O)c34)ccc2n1. The van der Waals surface area contributed by atoms with Crippen molar-refractivity contribution in [3.05, 3.63) is 75.8 Å². The van der Waals surface area contributed by atoms with Crippen LogP contribution in [0.2, 0.25) is 5.02 Å². The average molecular weight is 604 g/mol. The van der Waals surface area contributed by atoms with Gasteiger partial charge in [0.25, 0.3) is 5.56 Å². The van der Waals surface area contributed by atoms with Crippen molar-refractivity contribution < 1.29 is 13.9 Å². The van der Waals surface area contributed by atoms with Crippen LogP contribution in [0.15, 0.2) is 59.7 Å². The van der Waals surface area contributed by atoms with Crippen LogP contribution in [0.3, 0.4) is 0 Å². The molecule has 1 amide bonds. The Balaban J connectivity index is 1.17. The first-order chi connectivity index (χ1) is 20.7. The summed E-state index contributed by atoms with van der Waals surface area (Å²) in [6.45, 7) is 0.115. The van der Waals surface area contributed by atoms with E-state index in [-0.39, 0.29) is 24.8 Å². The van der Waals surface area contributed by atoms with E-state index in [0.29, 0.717) is 58.8 Å². The number of aryl methyl sites for hydroxylation is 1. The van der Waals surface area contributed by atoms with Gasteiger partial charge in [0.15, 0.2) is 0 Å². The number of alkyl carbamates (subject to hydrolysis) is 1. The van der Waals surface area contributed by atoms with Crippen LogP contribution in [0.5, 0.6) is 0 Å². The number of alkyl halides is 1. The summed E-state index contributed by atoms with van der Waals surface area (Å²) < 4.78 is 25.2. The number of carbonyl (C=O) groups excluding carboxylic acids is 1. The minimum absolute atomic E-state index is 0.00412. The molecule has 1 aliphatic carbocycles. The molecule has 12 heteroatoms. The number of rotatable bonds is 5. The number of hydrogen-bond donors (Lipinski definition) is 2. The molecule has 3 aliphatic rings. The van der Waals surface area contributed by atoms with E-state index < -0.39 is 17.8 Å². The predicted octanol–water partition coefficient (Wildman–Crippen LogP) is 5.23. The molecule has 5 aromatic rings. The number of carbonyl (C=O) groups is 1. The number of aromatic nitrogens is 5. The van der Waals surface area contributed by atoms with Crippen LogP contribution < -0.4 is 15.8 Å². The van der Waals surface area contributed by atoms with Crippen molar-refractivity contribution >= 4 is 45.6 Å². The van der Waals surface area contributed by atoms with Gasteiger partial charge in [-0.1, -0.05) is 48.0 Å². The lowest BCUT2D eigenvalue weighted by Crippen LogP contribution is -2.62. The number of ether oxygens (including phenoxy) is 1. The zero-order valence-electron chi connectivity index (χ0n) is 23.8. The highest BCUT2D eigenvalue weighted by Gasteiger charge is 2.51. The van der Waals surface area contributed by atoms with Crippen molar-refractivity contribution in [2.24, 2.45) is 14.1 Å². The summed E-state index contributed by atoms with van der Waals surface area (Å²) >= 11 is 6.78. The third kappa shape index (κ3) is 4.71. The standard InChI is InChI=1S/C31H31ClFN7O3/c1-38-15-22-23(37-38)11-10-20(26(22)32)21-14-34-27-25(21)28(41)39(2)29(36-27)40-17-31(33)12-6-9-19(40)13-24(31)35-30(42)43-16-18-7-4-3-5-8-18/h3-5,7-8,10-11,14-15,19,24,34H,6,9,12-13,16-17H2,1-2H3,(H,35,42)/t19-,24-,31?/m1/s1. The van der Waals surface area contributed by atoms with Crippen LogP contribution in [0.25, 0.3) is 33.1 Å². The van der Waals surface area contributed by atoms with Crippen LogP contribution in [-0.2, 0) is 25.4 Å². The fourth-order valence-corrected chi connectivity index (χ4v) is 6.94. The molecule has 1 unspecified atom stereocenters. The Morgan fingerprint density at radius 3 is 2.84 bits per heavy atom. The van der Waals surface area contributed by atoms with Crippen molar-refractivity contribution in [1.82, 2.24) is 29.6 Å². The van der Waals surface area contributed by atoms with E-state index in [0.717, 1.165) is 16.5 Å². The highest BCUT2D eigenvalue weighted by molar-refractivity contribution is 6.38. The maximum absolute atomic E-state index is 16.6. The highest BCUT2D eigenvalue weighted by Crippen LogP contribution is 2.42. The summed E-state index contributed by atoms with van der Waals surface area (Å²) in [6, 6.07) is 12.3. The van der Waals surface area contributed by atoms with Gasteiger partial charge in [0, 0.05) is 49.0 Å². The van der Waals surface area contributed by atoms with Crippen LogP contribution in [0.4, 0.5) is 15.1 Å². The Bertz CT molecular complexity index is 1920. The summed E-state index contributed by atoms with van der Waals surface area (Å²) in [4.78, 5) is 36.4. The number of piperidine rings is 1. The molecule has 43 heavy (non-hydrogen) atoms. The molecule has 5 heterocycles. The van der Waals surface area contributed by atoms with E-state index in [2.05, 4.69) is 15.4 Å². The van der Waals surface area contributed by atoms with Crippen LogP contribution in [-0.4, -0.2) is 54.7 Å². The first-order valence-corrected chi connectivity index (χ1v) is 14.7. The first kappa shape index (κ1) is 27.5. The van der Waals surface area contributed by atoms with Crippen LogP contribution in [0.1, 0.15) is 31.2 Å². The summed E-state index contributed by atoms with van der Waals surface area (Å²) in [6.07, 6.45) is 4.98. The van der Waals surface area contributed by atoms with E-state index in [4.69, 9.17) is 21.3 Å². The van der Waals surface area contributed by atoms with Crippen molar-refractivity contribution in [3.63, 3.8) is 0 Å². The number of halogens is 2. The van der Waals surface area contributed by atoms with Crippen LogP contribution in [0, 0.1) is 0 Å². The predicted molar refractivity (Wildman–Crippen MR) is 163 cm³/mol. The highest BCUT2D eigenvalue weighted by atomic mass is 35.5. The molecule has 0 spiro atoms. The lowest BCUT2D eigenvalue weighted by Gasteiger charge is -2.45. The van der Waals surface area contributed by atoms with Gasteiger partial charge < -0.3 is 19.9 Å². The summed E-state index contributed by atoms with van der Waals surface area (Å²) in [7, 11) is 3.49. The fraction of sp³-hybridized carbons (Fsp3) is 0.355. The Morgan fingerprint density at radius 2 is 2.02 bits per heavy atom. The van der Waals surface area contributed by atoms with Gasteiger partial charge in [0.05, 0.1) is 28.5 Å². The summed E-state index contributed by atoms with van der Waals surface area (Å²) in [5, 5.41) is 8.90. The van der Waals surface area contributed by atoms with E-state index in [1.807, 2.05) is 60.6 Å². The third-order valence-corrected chi connectivity index (χ3v) is 9.22. The zero-order chi connectivity index (χ0) is 29.9. The second-order valence-electron chi connectivity index (χ2n) is 11.6. The van der Waals surface area contributed by atoms with Gasteiger partial charge in [-0.3, -0.25) is 14.0 Å².